The van der Waals surface area contributed by atoms with Crippen molar-refractivity contribution in [2.75, 3.05) is 13.7 Å². The molecule has 0 bridgehead atoms. The van der Waals surface area contributed by atoms with Gasteiger partial charge >= 0.3 is 7.40 Å². The molecule has 2 N–H and O–H groups in total. The summed E-state index contributed by atoms with van der Waals surface area (Å²) in [5.74, 6) is -0.422. The number of esters is 1. The largest absolute Gasteiger partial charge is 1.00 e. The highest BCUT2D eigenvalue weighted by molar-refractivity contribution is 9.10. The van der Waals surface area contributed by atoms with Gasteiger partial charge in [0.05, 0.1) is 12.6 Å². The fourth-order valence-corrected chi connectivity index (χ4v) is 1.53. The normalized spacial score (nSPS) is 11.5. The molecule has 0 fully saturated rings. The van der Waals surface area contributed by atoms with E-state index in [1.165, 1.54) is 7.11 Å². The highest BCUT2D eigenvalue weighted by Gasteiger charge is 2.26. The van der Waals surface area contributed by atoms with Gasteiger partial charge in [-0.15, -0.1) is 0 Å². The Balaban J connectivity index is 0.00000225. The van der Waals surface area contributed by atoms with Gasteiger partial charge in [-0.2, -0.15) is 5.10 Å². The van der Waals surface area contributed by atoms with Crippen LogP contribution in [0.4, 0.5) is 0 Å². The fraction of sp³-hybridized carbons (Fsp3) is 0.556. The number of hydrogen-bond donors (Lipinski definition) is 1. The van der Waals surface area contributed by atoms with Crippen LogP contribution in [0.1, 0.15) is 25.8 Å². The molecule has 0 amide bonds. The third-order valence-electron chi connectivity index (χ3n) is 2.15. The zero-order chi connectivity index (χ0) is 11.6. The molecule has 0 aromatic carbocycles. The highest BCUT2D eigenvalue weighted by atomic mass is 79.9. The van der Waals surface area contributed by atoms with Crippen LogP contribution in [-0.4, -0.2) is 29.4 Å². The van der Waals surface area contributed by atoms with E-state index < -0.39 is 11.5 Å². The molecule has 0 aliphatic rings. The van der Waals surface area contributed by atoms with Crippen LogP contribution < -0.4 is 5.73 Å². The number of nitrogens with two attached hydrogens (primary N) is 1. The highest BCUT2D eigenvalue weighted by Crippen LogP contribution is 2.20. The molecule has 0 aliphatic heterocycles. The summed E-state index contributed by atoms with van der Waals surface area (Å²) >= 11 is 3.22. The first kappa shape index (κ1) is 12.2. The van der Waals surface area contributed by atoms with Gasteiger partial charge in [0, 0.05) is 12.6 Å². The molecular weight excluding hydrogens is 262 g/mol. The van der Waals surface area contributed by atoms with Crippen molar-refractivity contribution >= 4 is 21.9 Å². The molecule has 5 nitrogen and oxygen atoms in total. The minimum absolute atomic E-state index is 0. The van der Waals surface area contributed by atoms with Crippen molar-refractivity contribution in [2.45, 2.75) is 19.4 Å². The fourth-order valence-electron chi connectivity index (χ4n) is 1.15. The van der Waals surface area contributed by atoms with Gasteiger partial charge in [-0.3, -0.25) is 4.68 Å². The minimum atomic E-state index is -0.422. The van der Waals surface area contributed by atoms with Gasteiger partial charge in [0.25, 0.3) is 0 Å². The average Bonchev–Trinajstić information content (AvgIpc) is 2.60. The Morgan fingerprint density at radius 2 is 2.40 bits per heavy atom. The van der Waals surface area contributed by atoms with E-state index in [1.807, 2.05) is 13.8 Å². The van der Waals surface area contributed by atoms with Crippen LogP contribution in [0.2, 0.25) is 0 Å². The number of carbonyl (C=O) groups excluding carboxylic acids is 1. The summed E-state index contributed by atoms with van der Waals surface area (Å²) in [7, 11) is 1.34. The first-order chi connectivity index (χ1) is 6.92. The average molecular weight is 277 g/mol. The quantitative estimate of drug-likeness (QED) is 0.844. The van der Waals surface area contributed by atoms with Crippen LogP contribution >= 0.6 is 15.9 Å². The Morgan fingerprint density at radius 1 is 1.80 bits per heavy atom. The summed E-state index contributed by atoms with van der Waals surface area (Å²) in [4.78, 5) is 11.5. The smallest absolute Gasteiger partial charge is 0.464 e. The Bertz CT molecular complexity index is 379. The zero-order valence-electron chi connectivity index (χ0n) is 9.95. The maximum atomic E-state index is 11.5. The SMILES string of the molecule is COC(=O)c1cc(Br)nn1C(C)(C)CN.[H+]. The number of methoxy groups -OCH3 is 1. The lowest BCUT2D eigenvalue weighted by molar-refractivity contribution is 0.0577. The predicted octanol–water partition coefficient (Wildman–Crippen LogP) is 1.24. The lowest BCUT2D eigenvalue weighted by atomic mass is 10.1. The van der Waals surface area contributed by atoms with Gasteiger partial charge < -0.3 is 10.5 Å². The molecule has 1 heterocycles. The van der Waals surface area contributed by atoms with E-state index in [2.05, 4.69) is 25.8 Å². The Morgan fingerprint density at radius 3 is 2.87 bits per heavy atom. The van der Waals surface area contributed by atoms with Crippen LogP contribution in [0.3, 0.4) is 0 Å². The molecule has 1 aromatic rings. The summed E-state index contributed by atoms with van der Waals surface area (Å²) in [5.41, 5.74) is 5.60. The topological polar surface area (TPSA) is 70.1 Å². The number of hydrogen-bond acceptors (Lipinski definition) is 4. The molecule has 0 unspecified atom stereocenters. The third kappa shape index (κ3) is 2.38. The maximum absolute atomic E-state index is 11.5. The van der Waals surface area contributed by atoms with E-state index in [9.17, 15) is 4.79 Å². The summed E-state index contributed by atoms with van der Waals surface area (Å²) in [6.07, 6.45) is 0. The second-order valence-corrected chi connectivity index (χ2v) is 4.58. The number of nitrogens with zero attached hydrogens (tertiary/aromatic N) is 2. The monoisotopic (exact) mass is 276 g/mol. The van der Waals surface area contributed by atoms with E-state index >= 15 is 0 Å². The van der Waals surface area contributed by atoms with Crippen molar-refractivity contribution in [3.05, 3.63) is 16.4 Å². The molecule has 0 radical (unpaired) electrons. The van der Waals surface area contributed by atoms with E-state index in [0.717, 1.165) is 0 Å². The molecule has 0 spiro atoms. The van der Waals surface area contributed by atoms with Gasteiger partial charge in [0.1, 0.15) is 10.3 Å². The van der Waals surface area contributed by atoms with E-state index in [1.54, 1.807) is 10.7 Å². The number of ether oxygens (including phenoxy) is 1. The zero-order valence-corrected chi connectivity index (χ0v) is 10.5. The van der Waals surface area contributed by atoms with E-state index in [4.69, 9.17) is 5.73 Å². The van der Waals surface area contributed by atoms with E-state index in [0.29, 0.717) is 16.8 Å². The second-order valence-electron chi connectivity index (χ2n) is 3.77. The Labute approximate surface area is 98.2 Å². The molecular formula is C9H15BrN3O2+. The standard InChI is InChI=1S/C9H14BrN3O2/c1-9(2,5-11)13-6(8(14)15-3)4-7(10)12-13/h4H,5,11H2,1-3H3/p+1. The maximum Gasteiger partial charge on any atom is 1.00 e. The molecule has 0 aliphatic carbocycles. The number of aromatic nitrogens is 2. The molecule has 15 heavy (non-hydrogen) atoms. The number of rotatable bonds is 3. The summed E-state index contributed by atoms with van der Waals surface area (Å²) in [5, 5.41) is 4.17. The molecule has 6 heteroatoms. The lowest BCUT2D eigenvalue weighted by Crippen LogP contribution is -2.38. The van der Waals surface area contributed by atoms with Crippen LogP contribution in [0.5, 0.6) is 0 Å². The third-order valence-corrected chi connectivity index (χ3v) is 2.53. The van der Waals surface area contributed by atoms with Crippen molar-refractivity contribution in [3.8, 4) is 0 Å². The van der Waals surface area contributed by atoms with Crippen molar-refractivity contribution in [1.29, 1.82) is 0 Å². The van der Waals surface area contributed by atoms with Gasteiger partial charge in [-0.05, 0) is 29.8 Å². The van der Waals surface area contributed by atoms with Gasteiger partial charge in [0.2, 0.25) is 0 Å². The van der Waals surface area contributed by atoms with Crippen molar-refractivity contribution < 1.29 is 11.0 Å². The van der Waals surface area contributed by atoms with Crippen molar-refractivity contribution in [1.82, 2.24) is 9.78 Å². The van der Waals surface area contributed by atoms with Crippen molar-refractivity contribution in [3.63, 3.8) is 0 Å². The molecule has 0 atom stereocenters. The van der Waals surface area contributed by atoms with Crippen LogP contribution in [0.25, 0.3) is 0 Å². The van der Waals surface area contributed by atoms with Gasteiger partial charge in [-0.1, -0.05) is 0 Å². The molecule has 84 valence electrons. The van der Waals surface area contributed by atoms with Gasteiger partial charge in [-0.25, -0.2) is 4.79 Å². The Hall–Kier alpha value is -0.880. The molecule has 1 rings (SSSR count). The van der Waals surface area contributed by atoms with Crippen LogP contribution in [-0.2, 0) is 10.3 Å². The van der Waals surface area contributed by atoms with Crippen molar-refractivity contribution in [2.24, 2.45) is 5.73 Å². The van der Waals surface area contributed by atoms with Crippen LogP contribution in [0, 0.1) is 0 Å². The first-order valence-electron chi connectivity index (χ1n) is 4.47. The summed E-state index contributed by atoms with van der Waals surface area (Å²) in [6, 6.07) is 1.61. The first-order valence-corrected chi connectivity index (χ1v) is 5.26. The second kappa shape index (κ2) is 4.32. The number of halogens is 1. The number of carbonyl (C=O) groups is 1. The minimum Gasteiger partial charge on any atom is -0.464 e. The molecule has 1 aromatic heterocycles. The summed E-state index contributed by atoms with van der Waals surface area (Å²) < 4.78 is 6.83. The van der Waals surface area contributed by atoms with Crippen LogP contribution in [0.15, 0.2) is 10.7 Å². The van der Waals surface area contributed by atoms with E-state index in [-0.39, 0.29) is 1.43 Å². The van der Waals surface area contributed by atoms with Gasteiger partial charge in [0.15, 0.2) is 0 Å². The molecule has 0 saturated heterocycles. The summed E-state index contributed by atoms with van der Waals surface area (Å²) in [6.45, 7) is 4.18. The predicted molar refractivity (Wildman–Crippen MR) is 60.8 cm³/mol. The lowest BCUT2D eigenvalue weighted by Gasteiger charge is -2.24. The Kier molecular flexibility index (Phi) is 3.51. The molecule has 0 saturated carbocycles.